The number of hydrogen-bond acceptors (Lipinski definition) is 5. The van der Waals surface area contributed by atoms with Crippen molar-refractivity contribution in [2.24, 2.45) is 0 Å². The summed E-state index contributed by atoms with van der Waals surface area (Å²) in [6, 6.07) is 3.52. The molecule has 0 aliphatic carbocycles. The predicted molar refractivity (Wildman–Crippen MR) is 104 cm³/mol. The smallest absolute Gasteiger partial charge is 0.355 e. The molecule has 0 aromatic carbocycles. The molecule has 1 aliphatic rings. The summed E-state index contributed by atoms with van der Waals surface area (Å²) in [4.78, 5) is 34.3. The van der Waals surface area contributed by atoms with Gasteiger partial charge in [0.1, 0.15) is 5.69 Å². The van der Waals surface area contributed by atoms with Crippen molar-refractivity contribution in [3.8, 4) is 0 Å². The molecule has 1 fully saturated rings. The minimum Gasteiger partial charge on any atom is -0.461 e. The normalized spacial score (nSPS) is 16.2. The molecule has 28 heavy (non-hydrogen) atoms. The Balaban J connectivity index is 1.87. The molecule has 3 rings (SSSR count). The molecule has 7 nitrogen and oxygen atoms in total. The third-order valence-electron chi connectivity index (χ3n) is 5.07. The van der Waals surface area contributed by atoms with Gasteiger partial charge < -0.3 is 19.4 Å². The number of hydrogen-bond donors (Lipinski definition) is 1. The number of aryl methyl sites for hydroxylation is 1. The van der Waals surface area contributed by atoms with E-state index in [1.165, 1.54) is 0 Å². The Morgan fingerprint density at radius 1 is 1.39 bits per heavy atom. The highest BCUT2D eigenvalue weighted by Gasteiger charge is 2.26. The quantitative estimate of drug-likeness (QED) is 0.741. The van der Waals surface area contributed by atoms with Gasteiger partial charge in [-0.1, -0.05) is 0 Å². The van der Waals surface area contributed by atoms with Crippen LogP contribution in [-0.2, 0) is 16.0 Å². The van der Waals surface area contributed by atoms with E-state index in [-0.39, 0.29) is 18.0 Å². The largest absolute Gasteiger partial charge is 0.461 e. The fourth-order valence-electron chi connectivity index (χ4n) is 3.55. The number of amides is 1. The van der Waals surface area contributed by atoms with Crippen molar-refractivity contribution in [1.29, 1.82) is 0 Å². The van der Waals surface area contributed by atoms with Gasteiger partial charge in [-0.3, -0.25) is 9.78 Å². The van der Waals surface area contributed by atoms with E-state index >= 15 is 0 Å². The van der Waals surface area contributed by atoms with Crippen molar-refractivity contribution in [3.05, 3.63) is 52.6 Å². The molecule has 2 aromatic rings. The fraction of sp³-hybridized carbons (Fsp3) is 0.476. The topological polar surface area (TPSA) is 84.5 Å². The van der Waals surface area contributed by atoms with Gasteiger partial charge in [0.25, 0.3) is 5.91 Å². The molecule has 0 saturated carbocycles. The van der Waals surface area contributed by atoms with Gasteiger partial charge in [-0.2, -0.15) is 0 Å². The second-order valence-electron chi connectivity index (χ2n) is 7.01. The van der Waals surface area contributed by atoms with E-state index in [2.05, 4.69) is 9.97 Å². The van der Waals surface area contributed by atoms with Gasteiger partial charge in [-0.15, -0.1) is 0 Å². The minimum absolute atomic E-state index is 0.0321. The average Bonchev–Trinajstić information content (AvgIpc) is 3.31. The highest BCUT2D eigenvalue weighted by Crippen LogP contribution is 2.23. The Labute approximate surface area is 165 Å². The van der Waals surface area contributed by atoms with Crippen LogP contribution in [0.4, 0.5) is 0 Å². The first kappa shape index (κ1) is 20.1. The zero-order chi connectivity index (χ0) is 20.1. The van der Waals surface area contributed by atoms with Gasteiger partial charge >= 0.3 is 5.97 Å². The lowest BCUT2D eigenvalue weighted by Gasteiger charge is -2.26. The van der Waals surface area contributed by atoms with Crippen LogP contribution in [0.25, 0.3) is 0 Å². The molecule has 0 spiro atoms. The third kappa shape index (κ3) is 4.42. The molecule has 3 heterocycles. The molecule has 0 radical (unpaired) electrons. The second-order valence-corrected chi connectivity index (χ2v) is 7.01. The molecule has 0 unspecified atom stereocenters. The lowest BCUT2D eigenvalue weighted by atomic mass is 10.1. The van der Waals surface area contributed by atoms with Crippen LogP contribution in [0.1, 0.15) is 57.4 Å². The maximum atomic E-state index is 13.1. The Bertz CT molecular complexity index is 826. The number of aromatic nitrogens is 2. The summed E-state index contributed by atoms with van der Waals surface area (Å²) in [7, 11) is 0. The van der Waals surface area contributed by atoms with Crippen LogP contribution in [0, 0.1) is 13.8 Å². The summed E-state index contributed by atoms with van der Waals surface area (Å²) in [5, 5.41) is 0. The van der Waals surface area contributed by atoms with E-state index in [1.54, 1.807) is 36.4 Å². The Morgan fingerprint density at radius 3 is 2.86 bits per heavy atom. The molecule has 0 bridgehead atoms. The van der Waals surface area contributed by atoms with E-state index in [0.717, 1.165) is 36.3 Å². The molecule has 1 aliphatic heterocycles. The molecular formula is C21H27N3O4. The SMILES string of the molecule is CCOC(=O)c1[nH]c(C)c(CN(C[C@H]2CCCO2)C(=O)c2cccnc2)c1C. The number of nitrogens with zero attached hydrogens (tertiary/aromatic N) is 2. The van der Waals surface area contributed by atoms with Gasteiger partial charge in [0.2, 0.25) is 0 Å². The summed E-state index contributed by atoms with van der Waals surface area (Å²) in [5.41, 5.74) is 3.58. The van der Waals surface area contributed by atoms with Crippen LogP contribution in [0.15, 0.2) is 24.5 Å². The van der Waals surface area contributed by atoms with E-state index in [9.17, 15) is 9.59 Å². The number of nitrogens with one attached hydrogen (secondary N) is 1. The summed E-state index contributed by atoms with van der Waals surface area (Å²) < 4.78 is 10.9. The van der Waals surface area contributed by atoms with Gasteiger partial charge in [-0.05, 0) is 56.9 Å². The van der Waals surface area contributed by atoms with Crippen LogP contribution >= 0.6 is 0 Å². The molecule has 1 amide bonds. The summed E-state index contributed by atoms with van der Waals surface area (Å²) in [5.74, 6) is -0.472. The zero-order valence-corrected chi connectivity index (χ0v) is 16.7. The van der Waals surface area contributed by atoms with Crippen LogP contribution in [0.2, 0.25) is 0 Å². The van der Waals surface area contributed by atoms with Gasteiger partial charge in [0, 0.05) is 37.8 Å². The highest BCUT2D eigenvalue weighted by molar-refractivity contribution is 5.94. The highest BCUT2D eigenvalue weighted by atomic mass is 16.5. The van der Waals surface area contributed by atoms with Crippen molar-refractivity contribution in [2.75, 3.05) is 19.8 Å². The van der Waals surface area contributed by atoms with Crippen molar-refractivity contribution < 1.29 is 19.1 Å². The lowest BCUT2D eigenvalue weighted by Crippen LogP contribution is -2.37. The summed E-state index contributed by atoms with van der Waals surface area (Å²) in [6.45, 7) is 7.51. The molecule has 1 saturated heterocycles. The van der Waals surface area contributed by atoms with E-state index in [0.29, 0.717) is 31.0 Å². The fourth-order valence-corrected chi connectivity index (χ4v) is 3.55. The predicted octanol–water partition coefficient (Wildman–Crippen LogP) is 3.02. The van der Waals surface area contributed by atoms with E-state index < -0.39 is 0 Å². The third-order valence-corrected chi connectivity index (χ3v) is 5.07. The van der Waals surface area contributed by atoms with Crippen molar-refractivity contribution >= 4 is 11.9 Å². The van der Waals surface area contributed by atoms with Crippen LogP contribution < -0.4 is 0 Å². The van der Waals surface area contributed by atoms with Crippen LogP contribution in [0.3, 0.4) is 0 Å². The van der Waals surface area contributed by atoms with Crippen LogP contribution in [0.5, 0.6) is 0 Å². The van der Waals surface area contributed by atoms with Gasteiger partial charge in [-0.25, -0.2) is 4.79 Å². The number of pyridine rings is 1. The van der Waals surface area contributed by atoms with E-state index in [4.69, 9.17) is 9.47 Å². The molecule has 1 N–H and O–H groups in total. The van der Waals surface area contributed by atoms with Crippen molar-refractivity contribution in [1.82, 2.24) is 14.9 Å². The number of H-pyrrole nitrogens is 1. The molecule has 7 heteroatoms. The summed E-state index contributed by atoms with van der Waals surface area (Å²) in [6.07, 6.45) is 5.20. The average molecular weight is 385 g/mol. The van der Waals surface area contributed by atoms with Crippen molar-refractivity contribution in [3.63, 3.8) is 0 Å². The number of ether oxygens (including phenoxy) is 2. The first-order valence-corrected chi connectivity index (χ1v) is 9.67. The molecular weight excluding hydrogens is 358 g/mol. The number of carbonyl (C=O) groups is 2. The zero-order valence-electron chi connectivity index (χ0n) is 16.7. The number of aromatic amines is 1. The second kappa shape index (κ2) is 9.01. The maximum Gasteiger partial charge on any atom is 0.355 e. The first-order valence-electron chi connectivity index (χ1n) is 9.67. The number of rotatable bonds is 7. The minimum atomic E-state index is -0.376. The summed E-state index contributed by atoms with van der Waals surface area (Å²) >= 11 is 0. The standard InChI is InChI=1S/C21H27N3O4/c1-4-27-21(26)19-14(2)18(15(3)23-19)13-24(12-17-8-6-10-28-17)20(25)16-7-5-9-22-11-16/h5,7,9,11,17,23H,4,6,8,10,12-13H2,1-3H3/t17-/m1/s1. The maximum absolute atomic E-state index is 13.1. The molecule has 2 aromatic heterocycles. The van der Waals surface area contributed by atoms with E-state index in [1.807, 2.05) is 13.8 Å². The monoisotopic (exact) mass is 385 g/mol. The van der Waals surface area contributed by atoms with Crippen LogP contribution in [-0.4, -0.2) is 52.6 Å². The lowest BCUT2D eigenvalue weighted by molar-refractivity contribution is 0.0506. The van der Waals surface area contributed by atoms with Gasteiger partial charge in [0.05, 0.1) is 18.3 Å². The van der Waals surface area contributed by atoms with Crippen molar-refractivity contribution in [2.45, 2.75) is 46.3 Å². The van der Waals surface area contributed by atoms with Gasteiger partial charge in [0.15, 0.2) is 0 Å². The molecule has 150 valence electrons. The Hall–Kier alpha value is -2.67. The Morgan fingerprint density at radius 2 is 2.21 bits per heavy atom. The first-order chi connectivity index (χ1) is 13.5. The number of esters is 1. The Kier molecular flexibility index (Phi) is 6.46. The number of carbonyl (C=O) groups excluding carboxylic acids is 2. The molecule has 1 atom stereocenters.